The lowest BCUT2D eigenvalue weighted by molar-refractivity contribution is -0.135. The minimum atomic E-state index is -3.68. The molecule has 3 rings (SSSR count). The fourth-order valence-corrected chi connectivity index (χ4v) is 7.01. The van der Waals surface area contributed by atoms with E-state index in [1.54, 1.807) is 12.1 Å². The van der Waals surface area contributed by atoms with Crippen molar-refractivity contribution in [2.45, 2.75) is 102 Å². The normalized spacial score (nSPS) is 20.6. The van der Waals surface area contributed by atoms with Crippen LogP contribution in [0.3, 0.4) is 0 Å². The average molecular weight is 843 g/mol. The fourth-order valence-electron chi connectivity index (χ4n) is 6.35. The second-order valence-electron chi connectivity index (χ2n) is 14.6. The van der Waals surface area contributed by atoms with Crippen molar-refractivity contribution in [2.24, 2.45) is 0 Å². The third kappa shape index (κ3) is 17.8. The van der Waals surface area contributed by atoms with E-state index in [1.807, 2.05) is 37.3 Å². The number of hydrogen-bond donors (Lipinski definition) is 8. The van der Waals surface area contributed by atoms with Crippen LogP contribution in [0.1, 0.15) is 77.2 Å². The van der Waals surface area contributed by atoms with Crippen LogP contribution in [0, 0.1) is 0 Å². The average Bonchev–Trinajstić information content (AvgIpc) is 3.19. The van der Waals surface area contributed by atoms with E-state index in [4.69, 9.17) is 0 Å². The van der Waals surface area contributed by atoms with Crippen LogP contribution >= 0.6 is 0 Å². The number of benzene rings is 2. The first-order chi connectivity index (χ1) is 28.1. The summed E-state index contributed by atoms with van der Waals surface area (Å²) in [6, 6.07) is 7.48. The molecule has 0 aromatic heterocycles. The molecule has 2 aromatic carbocycles. The number of carbonyl (C=O) groups is 8. The van der Waals surface area contributed by atoms with Crippen molar-refractivity contribution in [3.63, 3.8) is 0 Å². The van der Waals surface area contributed by atoms with Gasteiger partial charge in [-0.2, -0.15) is 0 Å². The molecule has 1 saturated heterocycles. The predicted octanol–water partition coefficient (Wildman–Crippen LogP) is -0.605. The van der Waals surface area contributed by atoms with Gasteiger partial charge in [-0.1, -0.05) is 62.2 Å². The molecule has 1 fully saturated rings. The number of carbonyl (C=O) groups excluding carboxylic acids is 8. The summed E-state index contributed by atoms with van der Waals surface area (Å²) in [5.74, 6) is -5.85. The Hall–Kier alpha value is -5.59. The van der Waals surface area contributed by atoms with E-state index in [0.717, 1.165) is 17.0 Å². The Morgan fingerprint density at radius 3 is 2.12 bits per heavy atom. The highest BCUT2D eigenvalue weighted by Crippen LogP contribution is 2.20. The first-order valence-electron chi connectivity index (χ1n) is 20.0. The molecule has 0 bridgehead atoms. The fraction of sp³-hybridized carbons (Fsp3) is 0.550. The number of rotatable bonds is 11. The molecule has 8 N–H and O–H groups in total. The maximum absolute atomic E-state index is 14.1. The van der Waals surface area contributed by atoms with Gasteiger partial charge in [0.05, 0.1) is 18.8 Å². The summed E-state index contributed by atoms with van der Waals surface area (Å²) in [6.07, 6.45) is 3.41. The zero-order chi connectivity index (χ0) is 43.4. The molecule has 0 saturated carbocycles. The first-order valence-corrected chi connectivity index (χ1v) is 22.0. The van der Waals surface area contributed by atoms with E-state index in [9.17, 15) is 46.8 Å². The molecule has 59 heavy (non-hydrogen) atoms. The monoisotopic (exact) mass is 842 g/mol. The lowest BCUT2D eigenvalue weighted by Crippen LogP contribution is -2.59. The van der Waals surface area contributed by atoms with Crippen molar-refractivity contribution < 1.29 is 46.8 Å². The van der Waals surface area contributed by atoms with Crippen molar-refractivity contribution in [1.29, 1.82) is 0 Å². The first kappa shape index (κ1) is 47.8. The van der Waals surface area contributed by atoms with Crippen LogP contribution in [0.4, 0.5) is 0 Å². The minimum absolute atomic E-state index is 0.0776. The van der Waals surface area contributed by atoms with Crippen LogP contribution in [-0.4, -0.2) is 118 Å². The van der Waals surface area contributed by atoms with Crippen molar-refractivity contribution in [1.82, 2.24) is 42.5 Å². The molecule has 0 unspecified atom stereocenters. The van der Waals surface area contributed by atoms with Gasteiger partial charge in [0, 0.05) is 39.1 Å². The zero-order valence-corrected chi connectivity index (χ0v) is 34.8. The maximum Gasteiger partial charge on any atom is 0.243 e. The Labute approximate surface area is 344 Å². The third-order valence-electron chi connectivity index (χ3n) is 9.55. The topological polar surface area (TPSA) is 267 Å². The van der Waals surface area contributed by atoms with Gasteiger partial charge in [-0.15, -0.1) is 0 Å². The molecular formula is C40H58N8O10S. The molecular weight excluding hydrogens is 785 g/mol. The number of hydrogen-bond acceptors (Lipinski definition) is 10. The summed E-state index contributed by atoms with van der Waals surface area (Å²) in [6.45, 7) is 2.91. The molecule has 19 heteroatoms. The highest BCUT2D eigenvalue weighted by atomic mass is 32.2. The van der Waals surface area contributed by atoms with Gasteiger partial charge >= 0.3 is 0 Å². The van der Waals surface area contributed by atoms with Crippen LogP contribution in [0.25, 0.3) is 10.8 Å². The summed E-state index contributed by atoms with van der Waals surface area (Å²) < 4.78 is 24.6. The molecule has 8 amide bonds. The van der Waals surface area contributed by atoms with E-state index in [-0.39, 0.29) is 32.2 Å². The van der Waals surface area contributed by atoms with E-state index in [2.05, 4.69) is 42.5 Å². The van der Waals surface area contributed by atoms with Gasteiger partial charge in [-0.05, 0) is 54.9 Å². The Balaban J connectivity index is 1.99. The quantitative estimate of drug-likeness (QED) is 0.142. The number of unbranched alkanes of at least 4 members (excludes halogenated alkanes) is 1. The van der Waals surface area contributed by atoms with Crippen molar-refractivity contribution in [3.8, 4) is 0 Å². The smallest absolute Gasteiger partial charge is 0.243 e. The molecule has 0 spiro atoms. The third-order valence-corrected chi connectivity index (χ3v) is 10.5. The SMILES string of the molecule is CCCC[C@@H](NC(C)=O)C(=O)N[C@H]1CCC(=O)NCCCCCNC(=O)CNC(=O)CNC(=O)[C@@H](Cc2cccc3ccccc23)NC(=O)[C@H](CCS(C)(=O)=O)NC1=O. The van der Waals surface area contributed by atoms with Crippen LogP contribution in [0.5, 0.6) is 0 Å². The van der Waals surface area contributed by atoms with Crippen molar-refractivity contribution >= 4 is 67.9 Å². The van der Waals surface area contributed by atoms with E-state index in [0.29, 0.717) is 50.8 Å². The summed E-state index contributed by atoms with van der Waals surface area (Å²) in [5, 5.41) is 22.4. The molecule has 4 atom stereocenters. The Morgan fingerprint density at radius 1 is 0.780 bits per heavy atom. The maximum atomic E-state index is 14.1. The summed E-state index contributed by atoms with van der Waals surface area (Å²) in [4.78, 5) is 105. The second-order valence-corrected chi connectivity index (χ2v) is 16.9. The summed E-state index contributed by atoms with van der Waals surface area (Å²) >= 11 is 0. The van der Waals surface area contributed by atoms with Gasteiger partial charge in [-0.3, -0.25) is 38.4 Å². The molecule has 0 radical (unpaired) electrons. The number of nitrogens with one attached hydrogen (secondary N) is 8. The summed E-state index contributed by atoms with van der Waals surface area (Å²) in [7, 11) is -3.68. The van der Waals surface area contributed by atoms with Gasteiger partial charge in [-0.25, -0.2) is 8.42 Å². The molecule has 324 valence electrons. The Morgan fingerprint density at radius 2 is 1.42 bits per heavy atom. The standard InChI is InChI=1S/C40H58N8O10S/c1-4-5-16-30(45-26(2)49)38(54)46-31-17-18-34(50)41-20-9-6-10-21-42-35(51)24-43-36(52)25-44-37(53)33(23-28-14-11-13-27-12-7-8-15-29(27)28)48-40(56)32(47-39(31)55)19-22-59(3,57)58/h7-8,11-15,30-33H,4-6,9-10,16-25H2,1-3H3,(H,41,50)(H,42,51)(H,43,52)(H,44,53)(H,45,49)(H,46,54)(H,47,55)(H,48,56)/t30-,31+,32+,33-/m1/s1. The van der Waals surface area contributed by atoms with Gasteiger partial charge in [0.15, 0.2) is 0 Å². The zero-order valence-electron chi connectivity index (χ0n) is 33.9. The highest BCUT2D eigenvalue weighted by molar-refractivity contribution is 7.90. The van der Waals surface area contributed by atoms with Gasteiger partial charge in [0.25, 0.3) is 0 Å². The van der Waals surface area contributed by atoms with E-state index in [1.165, 1.54) is 6.92 Å². The lowest BCUT2D eigenvalue weighted by atomic mass is 9.98. The molecule has 18 nitrogen and oxygen atoms in total. The van der Waals surface area contributed by atoms with Crippen LogP contribution in [-0.2, 0) is 54.6 Å². The second kappa shape index (κ2) is 24.4. The largest absolute Gasteiger partial charge is 0.356 e. The molecule has 0 aliphatic carbocycles. The minimum Gasteiger partial charge on any atom is -0.356 e. The van der Waals surface area contributed by atoms with Gasteiger partial charge in [0.2, 0.25) is 47.3 Å². The summed E-state index contributed by atoms with van der Waals surface area (Å²) in [5.41, 5.74) is 0.660. The Bertz CT molecular complexity index is 1920. The van der Waals surface area contributed by atoms with Crippen LogP contribution in [0.15, 0.2) is 42.5 Å². The number of sulfone groups is 1. The van der Waals surface area contributed by atoms with E-state index >= 15 is 0 Å². The lowest BCUT2D eigenvalue weighted by Gasteiger charge is -2.26. The Kier molecular flexibility index (Phi) is 19.7. The van der Waals surface area contributed by atoms with Gasteiger partial charge in [0.1, 0.15) is 34.0 Å². The number of fused-ring (bicyclic) bond motifs is 1. The van der Waals surface area contributed by atoms with Gasteiger partial charge < -0.3 is 42.5 Å². The highest BCUT2D eigenvalue weighted by Gasteiger charge is 2.32. The predicted molar refractivity (Wildman–Crippen MR) is 220 cm³/mol. The van der Waals surface area contributed by atoms with Crippen LogP contribution in [0.2, 0.25) is 0 Å². The van der Waals surface area contributed by atoms with Crippen molar-refractivity contribution in [3.05, 3.63) is 48.0 Å². The number of amides is 8. The van der Waals surface area contributed by atoms with E-state index < -0.39 is 100.0 Å². The van der Waals surface area contributed by atoms with Crippen molar-refractivity contribution in [2.75, 3.05) is 38.2 Å². The molecule has 2 aromatic rings. The molecule has 1 aliphatic heterocycles. The molecule has 1 aliphatic rings. The van der Waals surface area contributed by atoms with Crippen LogP contribution < -0.4 is 42.5 Å². The molecule has 1 heterocycles.